The van der Waals surface area contributed by atoms with Crippen LogP contribution in [0.5, 0.6) is 0 Å². The number of carbonyl (C=O) groups is 1. The molecule has 1 saturated heterocycles. The van der Waals surface area contributed by atoms with E-state index < -0.39 is 10.8 Å². The number of carbonyl (C=O) groups excluding carboxylic acids is 1. The van der Waals surface area contributed by atoms with E-state index >= 15 is 0 Å². The maximum Gasteiger partial charge on any atom is 0.234 e. The van der Waals surface area contributed by atoms with Gasteiger partial charge in [0.2, 0.25) is 5.91 Å². The summed E-state index contributed by atoms with van der Waals surface area (Å²) in [7, 11) is 0.869. The minimum absolute atomic E-state index is 0.0758. The van der Waals surface area contributed by atoms with Crippen LogP contribution in [0.3, 0.4) is 0 Å². The minimum atomic E-state index is -0.901. The second kappa shape index (κ2) is 11.8. The summed E-state index contributed by atoms with van der Waals surface area (Å²) < 4.78 is 12.3. The van der Waals surface area contributed by atoms with E-state index in [0.29, 0.717) is 24.6 Å². The fourth-order valence-corrected chi connectivity index (χ4v) is 4.17. The molecule has 0 aromatic heterocycles. The molecule has 0 radical (unpaired) electrons. The van der Waals surface area contributed by atoms with Crippen LogP contribution in [0.25, 0.3) is 0 Å². The van der Waals surface area contributed by atoms with Gasteiger partial charge in [-0.2, -0.15) is 0 Å². The highest BCUT2D eigenvalue weighted by Gasteiger charge is 2.21. The van der Waals surface area contributed by atoms with Gasteiger partial charge in [-0.3, -0.25) is 18.9 Å². The average molecular weight is 408 g/mol. The molecule has 1 aromatic rings. The number of piperazine rings is 1. The van der Waals surface area contributed by atoms with Crippen LogP contribution in [-0.4, -0.2) is 84.0 Å². The van der Waals surface area contributed by atoms with Crippen LogP contribution in [0.4, 0.5) is 0 Å². The Balaban J connectivity index is 1.68. The quantitative estimate of drug-likeness (QED) is 0.489. The Morgan fingerprint density at radius 1 is 1.18 bits per heavy atom. The van der Waals surface area contributed by atoms with Gasteiger partial charge in [0, 0.05) is 68.1 Å². The molecule has 1 aliphatic rings. The Hall–Kier alpha value is -1.93. The number of amides is 1. The highest BCUT2D eigenvalue weighted by molar-refractivity contribution is 7.84. The molecule has 0 aliphatic carbocycles. The van der Waals surface area contributed by atoms with Gasteiger partial charge < -0.3 is 15.5 Å². The summed E-state index contributed by atoms with van der Waals surface area (Å²) in [6.45, 7) is 8.30. The molecule has 2 rings (SSSR count). The summed E-state index contributed by atoms with van der Waals surface area (Å²) in [6.07, 6.45) is 0. The first kappa shape index (κ1) is 22.4. The lowest BCUT2D eigenvalue weighted by atomic mass is 10.2. The number of benzene rings is 1. The van der Waals surface area contributed by atoms with E-state index in [9.17, 15) is 9.00 Å². The third kappa shape index (κ3) is 7.98. The van der Waals surface area contributed by atoms with Crippen LogP contribution in [0.15, 0.2) is 35.3 Å². The van der Waals surface area contributed by atoms with Crippen molar-refractivity contribution in [3.63, 3.8) is 0 Å². The molecule has 8 heteroatoms. The summed E-state index contributed by atoms with van der Waals surface area (Å²) in [5.41, 5.74) is 1.10. The van der Waals surface area contributed by atoms with Crippen molar-refractivity contribution in [2.75, 3.05) is 52.1 Å². The van der Waals surface area contributed by atoms with Gasteiger partial charge in [-0.25, -0.2) is 0 Å². The first-order chi connectivity index (χ1) is 13.5. The van der Waals surface area contributed by atoms with Crippen LogP contribution in [0.1, 0.15) is 19.4 Å². The first-order valence-electron chi connectivity index (χ1n) is 9.84. The van der Waals surface area contributed by atoms with Crippen molar-refractivity contribution < 1.29 is 9.00 Å². The predicted molar refractivity (Wildman–Crippen MR) is 116 cm³/mol. The summed E-state index contributed by atoms with van der Waals surface area (Å²) >= 11 is 0. The highest BCUT2D eigenvalue weighted by Crippen LogP contribution is 2.04. The summed E-state index contributed by atoms with van der Waals surface area (Å²) in [6, 6.07) is 10.1. The number of guanidine groups is 1. The van der Waals surface area contributed by atoms with Crippen LogP contribution < -0.4 is 10.6 Å². The first-order valence-corrected chi connectivity index (χ1v) is 11.3. The van der Waals surface area contributed by atoms with E-state index in [1.165, 1.54) is 0 Å². The Bertz CT molecular complexity index is 658. The molecule has 0 spiro atoms. The van der Waals surface area contributed by atoms with Gasteiger partial charge in [0.05, 0.1) is 6.54 Å². The Labute approximate surface area is 171 Å². The molecule has 7 nitrogen and oxygen atoms in total. The molecule has 1 aliphatic heterocycles. The number of nitrogens with one attached hydrogen (secondary N) is 2. The maximum absolute atomic E-state index is 12.3. The van der Waals surface area contributed by atoms with Gasteiger partial charge in [-0.15, -0.1) is 0 Å². The molecule has 1 unspecified atom stereocenters. The third-order valence-corrected chi connectivity index (χ3v) is 5.80. The molecule has 1 fully saturated rings. The van der Waals surface area contributed by atoms with Crippen LogP contribution >= 0.6 is 0 Å². The van der Waals surface area contributed by atoms with Gasteiger partial charge in [-0.1, -0.05) is 30.3 Å². The summed E-state index contributed by atoms with van der Waals surface area (Å²) in [5, 5.41) is 6.25. The second-order valence-corrected chi connectivity index (χ2v) is 8.81. The molecule has 156 valence electrons. The van der Waals surface area contributed by atoms with Crippen molar-refractivity contribution in [3.8, 4) is 0 Å². The standard InChI is InChI=1S/C20H33N5O2S/c1-17(2)23-19(26)15-24-10-12-25(13-11-24)20(21-3)22-9-14-28(27)16-18-7-5-4-6-8-18/h4-8,17H,9-16H2,1-3H3,(H,21,22)(H,23,26). The molecule has 0 saturated carbocycles. The van der Waals surface area contributed by atoms with Crippen molar-refractivity contribution in [1.29, 1.82) is 0 Å². The smallest absolute Gasteiger partial charge is 0.234 e. The van der Waals surface area contributed by atoms with E-state index in [1.807, 2.05) is 44.2 Å². The molecule has 1 aromatic carbocycles. The van der Waals surface area contributed by atoms with Crippen LogP contribution in [0, 0.1) is 0 Å². The highest BCUT2D eigenvalue weighted by atomic mass is 32.2. The van der Waals surface area contributed by atoms with Gasteiger partial charge in [0.15, 0.2) is 5.96 Å². The number of nitrogens with zero attached hydrogens (tertiary/aromatic N) is 3. The number of hydrogen-bond acceptors (Lipinski definition) is 4. The lowest BCUT2D eigenvalue weighted by Gasteiger charge is -2.36. The molecule has 1 atom stereocenters. The van der Waals surface area contributed by atoms with Crippen LogP contribution in [-0.2, 0) is 21.3 Å². The molecule has 1 amide bonds. The normalized spacial score (nSPS) is 16.9. The van der Waals surface area contributed by atoms with Gasteiger partial charge in [0.1, 0.15) is 0 Å². The SMILES string of the molecule is CN=C(NCCS(=O)Cc1ccccc1)N1CCN(CC(=O)NC(C)C)CC1. The molecular formula is C20H33N5O2S. The molecule has 28 heavy (non-hydrogen) atoms. The van der Waals surface area contributed by atoms with Crippen molar-refractivity contribution in [3.05, 3.63) is 35.9 Å². The summed E-state index contributed by atoms with van der Waals surface area (Å²) in [4.78, 5) is 20.6. The largest absolute Gasteiger partial charge is 0.355 e. The maximum atomic E-state index is 12.3. The summed E-state index contributed by atoms with van der Waals surface area (Å²) in [5.74, 6) is 2.08. The van der Waals surface area contributed by atoms with Gasteiger partial charge >= 0.3 is 0 Å². The monoisotopic (exact) mass is 407 g/mol. The lowest BCUT2D eigenvalue weighted by molar-refractivity contribution is -0.123. The van der Waals surface area contributed by atoms with E-state index in [4.69, 9.17) is 0 Å². The lowest BCUT2D eigenvalue weighted by Crippen LogP contribution is -2.54. The van der Waals surface area contributed by atoms with Crippen molar-refractivity contribution in [2.45, 2.75) is 25.6 Å². The van der Waals surface area contributed by atoms with Crippen LogP contribution in [0.2, 0.25) is 0 Å². The fraction of sp³-hybridized carbons (Fsp3) is 0.600. The Morgan fingerprint density at radius 3 is 2.46 bits per heavy atom. The van der Waals surface area contributed by atoms with Gasteiger partial charge in [0.25, 0.3) is 0 Å². The Morgan fingerprint density at radius 2 is 1.86 bits per heavy atom. The zero-order valence-corrected chi connectivity index (χ0v) is 18.0. The zero-order chi connectivity index (χ0) is 20.4. The van der Waals surface area contributed by atoms with Crippen molar-refractivity contribution in [2.24, 2.45) is 4.99 Å². The van der Waals surface area contributed by atoms with Crippen molar-refractivity contribution in [1.82, 2.24) is 20.4 Å². The second-order valence-electron chi connectivity index (χ2n) is 7.23. The van der Waals surface area contributed by atoms with Gasteiger partial charge in [-0.05, 0) is 19.4 Å². The van der Waals surface area contributed by atoms with E-state index in [2.05, 4.69) is 25.4 Å². The number of aliphatic imine (C=N–C) groups is 1. The van der Waals surface area contributed by atoms with E-state index in [1.54, 1.807) is 7.05 Å². The number of rotatable bonds is 8. The average Bonchev–Trinajstić information content (AvgIpc) is 2.66. The molecular weight excluding hydrogens is 374 g/mol. The Kier molecular flexibility index (Phi) is 9.43. The fourth-order valence-electron chi connectivity index (χ4n) is 3.13. The van der Waals surface area contributed by atoms with E-state index in [0.717, 1.165) is 37.7 Å². The van der Waals surface area contributed by atoms with E-state index in [-0.39, 0.29) is 11.9 Å². The molecule has 1 heterocycles. The predicted octanol–water partition coefficient (Wildman–Crippen LogP) is 0.653. The topological polar surface area (TPSA) is 77.0 Å². The molecule has 0 bridgehead atoms. The van der Waals surface area contributed by atoms with Crippen molar-refractivity contribution >= 4 is 22.7 Å². The zero-order valence-electron chi connectivity index (χ0n) is 17.2. The number of hydrogen-bond donors (Lipinski definition) is 2. The third-order valence-electron chi connectivity index (χ3n) is 4.48. The minimum Gasteiger partial charge on any atom is -0.355 e. The molecule has 2 N–H and O–H groups in total.